The van der Waals surface area contributed by atoms with Crippen LogP contribution in [0, 0.1) is 0 Å². The van der Waals surface area contributed by atoms with E-state index in [2.05, 4.69) is 26.3 Å². The number of carbonyl (C=O) groups is 2. The number of rotatable bonds is 4. The molecule has 0 bridgehead atoms. The van der Waals surface area contributed by atoms with Crippen molar-refractivity contribution < 1.29 is 19.1 Å². The molecule has 10 heteroatoms. The molecule has 0 saturated carbocycles. The number of benzene rings is 2. The molecule has 4 aromatic rings. The third-order valence-corrected chi connectivity index (χ3v) is 6.82. The number of hydrogen-bond donors (Lipinski definition) is 2. The van der Waals surface area contributed by atoms with Gasteiger partial charge < -0.3 is 19.4 Å². The Hall–Kier alpha value is -3.76. The van der Waals surface area contributed by atoms with Crippen molar-refractivity contribution in [2.24, 2.45) is 0 Å². The average Bonchev–Trinajstić information content (AvgIpc) is 3.62. The topological polar surface area (TPSA) is 109 Å². The molecule has 2 N–H and O–H groups in total. The highest BCUT2D eigenvalue weighted by atomic mass is 32.1. The van der Waals surface area contributed by atoms with E-state index in [-0.39, 0.29) is 11.8 Å². The van der Waals surface area contributed by atoms with Crippen LogP contribution in [-0.4, -0.2) is 64.6 Å². The van der Waals surface area contributed by atoms with E-state index in [0.717, 1.165) is 28.3 Å². The molecular weight excluding hydrogens is 454 g/mol. The number of anilines is 1. The zero-order chi connectivity index (χ0) is 23.1. The van der Waals surface area contributed by atoms with E-state index in [1.165, 1.54) is 11.3 Å². The monoisotopic (exact) mass is 475 g/mol. The number of imidazole rings is 1. The maximum atomic E-state index is 12.8. The van der Waals surface area contributed by atoms with E-state index in [1.807, 2.05) is 12.1 Å². The molecule has 2 aromatic heterocycles. The van der Waals surface area contributed by atoms with E-state index >= 15 is 0 Å². The smallest absolute Gasteiger partial charge is 0.277 e. The second kappa shape index (κ2) is 8.54. The van der Waals surface area contributed by atoms with E-state index < -0.39 is 0 Å². The summed E-state index contributed by atoms with van der Waals surface area (Å²) in [6.45, 7) is 2.96. The Balaban J connectivity index is 1.18. The Morgan fingerprint density at radius 3 is 2.82 bits per heavy atom. The molecule has 0 unspecified atom stereocenters. The van der Waals surface area contributed by atoms with Crippen LogP contribution in [0.1, 0.15) is 26.4 Å². The maximum Gasteiger partial charge on any atom is 0.277 e. The SMILES string of the molecule is O=C(Nc1nc2ccc(C(=O)N3CCOCC3)cc2[nH]1)c1csc(-c2ccc3c(c2)CCO3)n1. The summed E-state index contributed by atoms with van der Waals surface area (Å²) in [5, 5.41) is 5.28. The number of hydrogen-bond acceptors (Lipinski definition) is 7. The molecule has 1 fully saturated rings. The second-order valence-corrected chi connectivity index (χ2v) is 8.99. The third kappa shape index (κ3) is 3.91. The van der Waals surface area contributed by atoms with Gasteiger partial charge in [-0.1, -0.05) is 0 Å². The highest BCUT2D eigenvalue weighted by molar-refractivity contribution is 7.13. The summed E-state index contributed by atoms with van der Waals surface area (Å²) >= 11 is 1.42. The lowest BCUT2D eigenvalue weighted by atomic mass is 10.1. The molecule has 0 radical (unpaired) electrons. The number of aromatic amines is 1. The lowest BCUT2D eigenvalue weighted by Gasteiger charge is -2.26. The summed E-state index contributed by atoms with van der Waals surface area (Å²) in [6.07, 6.45) is 0.883. The summed E-state index contributed by atoms with van der Waals surface area (Å²) in [6, 6.07) is 11.3. The number of ether oxygens (including phenoxy) is 2. The average molecular weight is 476 g/mol. The Morgan fingerprint density at radius 1 is 1.06 bits per heavy atom. The summed E-state index contributed by atoms with van der Waals surface area (Å²) < 4.78 is 10.9. The lowest BCUT2D eigenvalue weighted by Crippen LogP contribution is -2.40. The fourth-order valence-corrected chi connectivity index (χ4v) is 4.95. The number of nitrogens with zero attached hydrogens (tertiary/aromatic N) is 3. The minimum absolute atomic E-state index is 0.0431. The number of H-pyrrole nitrogens is 1. The van der Waals surface area contributed by atoms with Gasteiger partial charge in [0.2, 0.25) is 5.95 Å². The number of thiazole rings is 1. The van der Waals surface area contributed by atoms with Gasteiger partial charge in [-0.3, -0.25) is 14.9 Å². The molecule has 1 saturated heterocycles. The van der Waals surface area contributed by atoms with Crippen LogP contribution < -0.4 is 10.1 Å². The number of fused-ring (bicyclic) bond motifs is 2. The molecule has 2 aliphatic rings. The first-order valence-electron chi connectivity index (χ1n) is 11.0. The van der Waals surface area contributed by atoms with Crippen molar-refractivity contribution >= 4 is 40.1 Å². The van der Waals surface area contributed by atoms with E-state index in [1.54, 1.807) is 28.5 Å². The van der Waals surface area contributed by atoms with Crippen LogP contribution in [0.4, 0.5) is 5.95 Å². The Labute approximate surface area is 198 Å². The molecule has 34 heavy (non-hydrogen) atoms. The molecule has 2 aliphatic heterocycles. The molecule has 9 nitrogen and oxygen atoms in total. The van der Waals surface area contributed by atoms with Crippen LogP contribution in [0.2, 0.25) is 0 Å². The Kier molecular flexibility index (Phi) is 5.23. The molecule has 0 aliphatic carbocycles. The van der Waals surface area contributed by atoms with E-state index in [9.17, 15) is 9.59 Å². The first kappa shape index (κ1) is 20.8. The van der Waals surface area contributed by atoms with Crippen LogP contribution in [0.25, 0.3) is 21.6 Å². The molecular formula is C24H21N5O4S. The quantitative estimate of drug-likeness (QED) is 0.469. The van der Waals surface area contributed by atoms with Gasteiger partial charge in [-0.15, -0.1) is 11.3 Å². The second-order valence-electron chi connectivity index (χ2n) is 8.13. The van der Waals surface area contributed by atoms with Gasteiger partial charge in [0.25, 0.3) is 11.8 Å². The van der Waals surface area contributed by atoms with Crippen LogP contribution in [0.3, 0.4) is 0 Å². The maximum absolute atomic E-state index is 12.8. The summed E-state index contributed by atoms with van der Waals surface area (Å²) in [4.78, 5) is 39.3. The van der Waals surface area contributed by atoms with Gasteiger partial charge in [0.15, 0.2) is 0 Å². The number of carbonyl (C=O) groups excluding carboxylic acids is 2. The van der Waals surface area contributed by atoms with Crippen molar-refractivity contribution in [3.63, 3.8) is 0 Å². The third-order valence-electron chi connectivity index (χ3n) is 5.93. The minimum atomic E-state index is -0.351. The largest absolute Gasteiger partial charge is 0.493 e. The van der Waals surface area contributed by atoms with Crippen molar-refractivity contribution in [1.29, 1.82) is 0 Å². The Morgan fingerprint density at radius 2 is 1.94 bits per heavy atom. The van der Waals surface area contributed by atoms with Gasteiger partial charge in [-0.25, -0.2) is 9.97 Å². The highest BCUT2D eigenvalue weighted by Crippen LogP contribution is 2.32. The van der Waals surface area contributed by atoms with Crippen molar-refractivity contribution in [3.05, 3.63) is 58.6 Å². The predicted molar refractivity (Wildman–Crippen MR) is 128 cm³/mol. The van der Waals surface area contributed by atoms with Gasteiger partial charge in [0.1, 0.15) is 16.5 Å². The van der Waals surface area contributed by atoms with Crippen molar-refractivity contribution in [2.45, 2.75) is 6.42 Å². The molecule has 172 valence electrons. The van der Waals surface area contributed by atoms with Gasteiger partial charge in [0.05, 0.1) is 30.9 Å². The molecule has 4 heterocycles. The zero-order valence-corrected chi connectivity index (χ0v) is 19.0. The van der Waals surface area contributed by atoms with E-state index in [4.69, 9.17) is 9.47 Å². The van der Waals surface area contributed by atoms with Gasteiger partial charge >= 0.3 is 0 Å². The predicted octanol–water partition coefficient (Wildman–Crippen LogP) is 3.35. The summed E-state index contributed by atoms with van der Waals surface area (Å²) in [5.41, 5.74) is 4.35. The fourth-order valence-electron chi connectivity index (χ4n) is 4.15. The fraction of sp³-hybridized carbons (Fsp3) is 0.250. The highest BCUT2D eigenvalue weighted by Gasteiger charge is 2.20. The number of aromatic nitrogens is 3. The van der Waals surface area contributed by atoms with Gasteiger partial charge in [-0.05, 0) is 42.0 Å². The van der Waals surface area contributed by atoms with Crippen LogP contribution in [0.5, 0.6) is 5.75 Å². The van der Waals surface area contributed by atoms with Crippen LogP contribution >= 0.6 is 11.3 Å². The van der Waals surface area contributed by atoms with Crippen LogP contribution in [-0.2, 0) is 11.2 Å². The first-order chi connectivity index (χ1) is 16.6. The molecule has 6 rings (SSSR count). The van der Waals surface area contributed by atoms with Gasteiger partial charge in [-0.2, -0.15) is 0 Å². The number of amides is 2. The first-order valence-corrected chi connectivity index (χ1v) is 11.9. The Bertz CT molecular complexity index is 1410. The zero-order valence-electron chi connectivity index (χ0n) is 18.2. The normalized spacial score (nSPS) is 15.2. The lowest BCUT2D eigenvalue weighted by molar-refractivity contribution is 0.0303. The van der Waals surface area contributed by atoms with Gasteiger partial charge in [0, 0.05) is 36.0 Å². The van der Waals surface area contributed by atoms with E-state index in [0.29, 0.717) is 61.1 Å². The van der Waals surface area contributed by atoms with Crippen molar-refractivity contribution in [1.82, 2.24) is 19.9 Å². The van der Waals surface area contributed by atoms with Crippen molar-refractivity contribution in [2.75, 3.05) is 38.2 Å². The van der Waals surface area contributed by atoms with Crippen molar-refractivity contribution in [3.8, 4) is 16.3 Å². The standard InChI is InChI=1S/C24H21N5O4S/c30-21(19-13-34-22(25-19)15-2-4-20-14(11-15)5-8-33-20)28-24-26-17-3-1-16(12-18(17)27-24)23(31)29-6-9-32-10-7-29/h1-4,11-13H,5-10H2,(H2,26,27,28,30). The molecule has 0 spiro atoms. The molecule has 2 aromatic carbocycles. The van der Waals surface area contributed by atoms with Crippen LogP contribution in [0.15, 0.2) is 41.8 Å². The number of nitrogens with one attached hydrogen (secondary N) is 2. The minimum Gasteiger partial charge on any atom is -0.493 e. The summed E-state index contributed by atoms with van der Waals surface area (Å²) in [7, 11) is 0. The number of morpholine rings is 1. The molecule has 2 amide bonds. The summed E-state index contributed by atoms with van der Waals surface area (Å²) in [5.74, 6) is 0.826. The molecule has 0 atom stereocenters.